The number of anilines is 3. The standard InChI is InChI=1S/C39H42N12O3S/c40-19-26-17-29-2-4-34(51(29)43-20-26)33-18-32(44-28-8-15-54-16-9-28)31(22-41-33)38-46-47-39(55-38)49-13-11-48(12-14-49)23-25-7-10-50(24-25)35-5-1-27(21-42-35)30-3-6-36(52)45-37(30)53/h1-2,4-5,17-18,20-22,25,28,30H,3,6-16,23-24H2,(H,41,44)(H,45,52,53)/t25-,30+/m0/s1. The molecule has 4 saturated heterocycles. The number of amides is 2. The molecule has 0 aliphatic carbocycles. The lowest BCUT2D eigenvalue weighted by Crippen LogP contribution is -2.48. The minimum Gasteiger partial charge on any atom is -0.381 e. The van der Waals surface area contributed by atoms with E-state index in [0.717, 1.165) is 128 Å². The summed E-state index contributed by atoms with van der Waals surface area (Å²) in [5, 5.41) is 31.1. The number of hydrogen-bond acceptors (Lipinski definition) is 14. The van der Waals surface area contributed by atoms with Crippen molar-refractivity contribution >= 4 is 45.3 Å². The third-order valence-electron chi connectivity index (χ3n) is 11.2. The highest BCUT2D eigenvalue weighted by atomic mass is 32.1. The first-order valence-electron chi connectivity index (χ1n) is 19.1. The van der Waals surface area contributed by atoms with E-state index in [9.17, 15) is 14.9 Å². The molecular formula is C39H42N12O3S. The Hall–Kier alpha value is -5.50. The van der Waals surface area contributed by atoms with Gasteiger partial charge in [0, 0.05) is 89.6 Å². The number of nitrogens with one attached hydrogen (secondary N) is 2. The molecule has 9 rings (SSSR count). The smallest absolute Gasteiger partial charge is 0.234 e. The summed E-state index contributed by atoms with van der Waals surface area (Å²) in [5.41, 5.74) is 5.72. The largest absolute Gasteiger partial charge is 0.381 e. The Morgan fingerprint density at radius 3 is 2.60 bits per heavy atom. The SMILES string of the molecule is N#Cc1cnn2c(-c3cc(NC4CCOCC4)c(-c4nnc(N5CCN(C[C@@H]6CCN(c7ccc([C@H]8CCC(=O)NC8=O)cn7)C6)CC5)s4)cn3)ccc2c1. The van der Waals surface area contributed by atoms with Crippen LogP contribution in [-0.4, -0.2) is 112 Å². The fourth-order valence-electron chi connectivity index (χ4n) is 8.13. The van der Waals surface area contributed by atoms with Crippen LogP contribution in [0.4, 0.5) is 16.6 Å². The molecule has 0 spiro atoms. The van der Waals surface area contributed by atoms with Crippen LogP contribution in [0.15, 0.2) is 55.0 Å². The van der Waals surface area contributed by atoms with Crippen LogP contribution in [0.3, 0.4) is 0 Å². The average Bonchev–Trinajstić information content (AvgIpc) is 3.99. The molecule has 16 heteroatoms. The molecule has 9 heterocycles. The predicted molar refractivity (Wildman–Crippen MR) is 208 cm³/mol. The van der Waals surface area contributed by atoms with E-state index in [1.54, 1.807) is 23.7 Å². The van der Waals surface area contributed by atoms with Crippen LogP contribution in [0.1, 0.15) is 49.1 Å². The highest BCUT2D eigenvalue weighted by Crippen LogP contribution is 2.37. The average molecular weight is 759 g/mol. The topological polar surface area (TPSA) is 170 Å². The van der Waals surface area contributed by atoms with Crippen molar-refractivity contribution in [1.82, 2.24) is 40.0 Å². The van der Waals surface area contributed by atoms with Crippen LogP contribution in [-0.2, 0) is 14.3 Å². The number of rotatable bonds is 9. The molecule has 4 aliphatic rings. The maximum absolute atomic E-state index is 12.3. The molecule has 5 aromatic heterocycles. The van der Waals surface area contributed by atoms with Gasteiger partial charge in [0.2, 0.25) is 16.9 Å². The maximum Gasteiger partial charge on any atom is 0.234 e. The monoisotopic (exact) mass is 758 g/mol. The minimum atomic E-state index is -0.312. The van der Waals surface area contributed by atoms with Crippen molar-refractivity contribution in [3.63, 3.8) is 0 Å². The van der Waals surface area contributed by atoms with Crippen molar-refractivity contribution in [3.8, 4) is 28.0 Å². The number of carbonyl (C=O) groups excluding carboxylic acids is 2. The van der Waals surface area contributed by atoms with E-state index in [0.29, 0.717) is 24.3 Å². The van der Waals surface area contributed by atoms with Crippen molar-refractivity contribution in [2.45, 2.75) is 44.1 Å². The highest BCUT2D eigenvalue weighted by molar-refractivity contribution is 7.18. The van der Waals surface area contributed by atoms with Gasteiger partial charge in [-0.1, -0.05) is 17.4 Å². The van der Waals surface area contributed by atoms with Crippen LogP contribution in [0.5, 0.6) is 0 Å². The van der Waals surface area contributed by atoms with Crippen molar-refractivity contribution in [1.29, 1.82) is 5.26 Å². The summed E-state index contributed by atoms with van der Waals surface area (Å²) in [4.78, 5) is 40.7. The third-order valence-corrected chi connectivity index (χ3v) is 12.2. The molecule has 55 heavy (non-hydrogen) atoms. The zero-order valence-electron chi connectivity index (χ0n) is 30.4. The van der Waals surface area contributed by atoms with E-state index in [1.165, 1.54) is 0 Å². The Kier molecular flexibility index (Phi) is 9.81. The Balaban J connectivity index is 0.830. The van der Waals surface area contributed by atoms with Crippen molar-refractivity contribution in [2.24, 2.45) is 5.92 Å². The van der Waals surface area contributed by atoms with E-state index < -0.39 is 0 Å². The lowest BCUT2D eigenvalue weighted by atomic mass is 9.92. The molecule has 0 aromatic carbocycles. The summed E-state index contributed by atoms with van der Waals surface area (Å²) in [6.07, 6.45) is 9.11. The quantitative estimate of drug-likeness (QED) is 0.208. The van der Waals surface area contributed by atoms with Crippen molar-refractivity contribution in [3.05, 3.63) is 66.1 Å². The normalized spacial score (nSPS) is 21.2. The van der Waals surface area contributed by atoms with E-state index >= 15 is 0 Å². The number of imide groups is 1. The molecule has 2 atom stereocenters. The molecule has 282 valence electrons. The number of aromatic nitrogens is 6. The fourth-order valence-corrected chi connectivity index (χ4v) is 9.05. The van der Waals surface area contributed by atoms with E-state index in [2.05, 4.69) is 52.8 Å². The van der Waals surface area contributed by atoms with Gasteiger partial charge in [-0.25, -0.2) is 9.50 Å². The molecule has 0 bridgehead atoms. The first kappa shape index (κ1) is 35.2. The summed E-state index contributed by atoms with van der Waals surface area (Å²) in [5.74, 6) is 0.759. The number of nitriles is 1. The Labute approximate surface area is 322 Å². The lowest BCUT2D eigenvalue weighted by Gasteiger charge is -2.35. The summed E-state index contributed by atoms with van der Waals surface area (Å²) < 4.78 is 7.44. The van der Waals surface area contributed by atoms with E-state index in [4.69, 9.17) is 14.7 Å². The van der Waals surface area contributed by atoms with E-state index in [-0.39, 0.29) is 23.8 Å². The molecule has 0 saturated carbocycles. The second-order valence-electron chi connectivity index (χ2n) is 14.8. The number of carbonyl (C=O) groups is 2. The predicted octanol–water partition coefficient (Wildman–Crippen LogP) is 3.94. The van der Waals surface area contributed by atoms with Gasteiger partial charge in [-0.3, -0.25) is 24.8 Å². The second-order valence-corrected chi connectivity index (χ2v) is 15.7. The number of ether oxygens (including phenoxy) is 1. The Morgan fingerprint density at radius 2 is 1.80 bits per heavy atom. The Morgan fingerprint density at radius 1 is 0.927 bits per heavy atom. The van der Waals surface area contributed by atoms with Gasteiger partial charge in [0.25, 0.3) is 0 Å². The number of piperidine rings is 1. The molecule has 15 nitrogen and oxygen atoms in total. The molecule has 4 fully saturated rings. The van der Waals surface area contributed by atoms with Crippen LogP contribution in [0, 0.1) is 17.2 Å². The van der Waals surface area contributed by atoms with Crippen molar-refractivity contribution in [2.75, 3.05) is 74.1 Å². The van der Waals surface area contributed by atoms with Gasteiger partial charge in [0.15, 0.2) is 5.01 Å². The van der Waals surface area contributed by atoms with Crippen LogP contribution >= 0.6 is 11.3 Å². The molecule has 2 N–H and O–H groups in total. The number of pyridine rings is 2. The molecule has 0 radical (unpaired) electrons. The number of hydrogen-bond donors (Lipinski definition) is 2. The van der Waals surface area contributed by atoms with Crippen molar-refractivity contribution < 1.29 is 14.3 Å². The maximum atomic E-state index is 12.3. The minimum absolute atomic E-state index is 0.201. The van der Waals surface area contributed by atoms with Gasteiger partial charge >= 0.3 is 0 Å². The zero-order valence-corrected chi connectivity index (χ0v) is 31.2. The molecule has 2 amide bonds. The molecular weight excluding hydrogens is 717 g/mol. The van der Waals surface area contributed by atoms with E-state index in [1.807, 2.05) is 41.0 Å². The number of nitrogens with zero attached hydrogens (tertiary/aromatic N) is 10. The number of piperazine rings is 1. The highest BCUT2D eigenvalue weighted by Gasteiger charge is 2.31. The van der Waals surface area contributed by atoms with Gasteiger partial charge in [-0.05, 0) is 67.5 Å². The van der Waals surface area contributed by atoms with Gasteiger partial charge in [-0.15, -0.1) is 10.2 Å². The fraction of sp³-hybridized carbons (Fsp3) is 0.436. The van der Waals surface area contributed by atoms with Gasteiger partial charge in [0.1, 0.15) is 11.9 Å². The lowest BCUT2D eigenvalue weighted by molar-refractivity contribution is -0.134. The first-order chi connectivity index (χ1) is 27.0. The van der Waals surface area contributed by atoms with Gasteiger partial charge < -0.3 is 19.9 Å². The summed E-state index contributed by atoms with van der Waals surface area (Å²) in [6, 6.07) is 14.3. The zero-order chi connectivity index (χ0) is 37.3. The first-order valence-corrected chi connectivity index (χ1v) is 19.9. The van der Waals surface area contributed by atoms with Crippen LogP contribution in [0.25, 0.3) is 27.5 Å². The summed E-state index contributed by atoms with van der Waals surface area (Å²) in [7, 11) is 0. The number of fused-ring (bicyclic) bond motifs is 1. The molecule has 4 aliphatic heterocycles. The van der Waals surface area contributed by atoms with Crippen LogP contribution < -0.4 is 20.4 Å². The molecule has 5 aromatic rings. The molecule has 0 unspecified atom stereocenters. The third kappa shape index (κ3) is 7.47. The van der Waals surface area contributed by atoms with Gasteiger partial charge in [0.05, 0.1) is 40.1 Å². The van der Waals surface area contributed by atoms with Crippen LogP contribution in [0.2, 0.25) is 0 Å². The summed E-state index contributed by atoms with van der Waals surface area (Å²) in [6.45, 7) is 8.14. The Bertz CT molecular complexity index is 2240. The van der Waals surface area contributed by atoms with Gasteiger partial charge in [-0.2, -0.15) is 10.4 Å². The summed E-state index contributed by atoms with van der Waals surface area (Å²) >= 11 is 1.60. The second kappa shape index (κ2) is 15.3.